The minimum atomic E-state index is -0.391. The molecule has 1 heteroatoms. The number of fused-ring (bicyclic) bond motifs is 2. The zero-order valence-corrected chi connectivity index (χ0v) is 27.5. The summed E-state index contributed by atoms with van der Waals surface area (Å²) < 4.78 is 76.4. The largest absolute Gasteiger partial charge is 0.310 e. The zero-order valence-electron chi connectivity index (χ0n) is 35.5. The van der Waals surface area contributed by atoms with E-state index in [0.29, 0.717) is 16.8 Å². The maximum atomic E-state index is 9.68. The Bertz CT molecular complexity index is 3040. The van der Waals surface area contributed by atoms with Crippen molar-refractivity contribution in [3.8, 4) is 44.5 Å². The first-order valence-corrected chi connectivity index (χ1v) is 16.9. The zero-order chi connectivity index (χ0) is 40.9. The monoisotopic (exact) mass is 657 g/mol. The number of nitrogens with zero attached hydrogens (tertiary/aromatic N) is 1. The van der Waals surface area contributed by atoms with E-state index in [0.717, 1.165) is 43.8 Å². The first-order chi connectivity index (χ1) is 28.6. The molecule has 240 valence electrons. The van der Waals surface area contributed by atoms with E-state index in [1.807, 2.05) is 146 Å². The standard InChI is InChI=1S/C50H35N/c1-3-12-36(13-4-1)42-19-11-20-43(34-42)38-22-28-45(29-23-38)51(47-32-24-37-14-7-8-18-44(37)35-47)46-30-25-41(26-31-46)50-48-21-10-9-17-40(48)27-33-49(50)39-15-5-2-6-16-39/h1-35H/i22D,23D,25D,26D,28D,29D,30D,31D. The van der Waals surface area contributed by atoms with Gasteiger partial charge in [0.15, 0.2) is 0 Å². The Labute approximate surface area is 310 Å². The second-order valence-corrected chi connectivity index (χ2v) is 12.3. The molecule has 0 aliphatic rings. The Morgan fingerprint density at radius 1 is 0.314 bits per heavy atom. The fourth-order valence-corrected chi connectivity index (χ4v) is 6.67. The van der Waals surface area contributed by atoms with Crippen LogP contribution in [0.4, 0.5) is 17.1 Å². The number of hydrogen-bond acceptors (Lipinski definition) is 1. The molecule has 0 atom stereocenters. The van der Waals surface area contributed by atoms with Crippen LogP contribution < -0.4 is 4.90 Å². The van der Waals surface area contributed by atoms with Crippen LogP contribution >= 0.6 is 0 Å². The van der Waals surface area contributed by atoms with Gasteiger partial charge in [-0.15, -0.1) is 0 Å². The fraction of sp³-hybridized carbons (Fsp3) is 0. The van der Waals surface area contributed by atoms with Gasteiger partial charge in [-0.3, -0.25) is 0 Å². The Balaban J connectivity index is 1.31. The van der Waals surface area contributed by atoms with Crippen LogP contribution in [0, 0.1) is 0 Å². The molecular weight excluding hydrogens is 615 g/mol. The van der Waals surface area contributed by atoms with Crippen LogP contribution in [0.3, 0.4) is 0 Å². The van der Waals surface area contributed by atoms with Crippen LogP contribution in [0.15, 0.2) is 212 Å². The summed E-state index contributed by atoms with van der Waals surface area (Å²) in [5.74, 6) is 0. The van der Waals surface area contributed by atoms with Gasteiger partial charge in [0.2, 0.25) is 0 Å². The van der Waals surface area contributed by atoms with E-state index in [1.54, 1.807) is 18.2 Å². The molecule has 0 aliphatic heterocycles. The summed E-state index contributed by atoms with van der Waals surface area (Å²) >= 11 is 0. The lowest BCUT2D eigenvalue weighted by atomic mass is 9.89. The Hall–Kier alpha value is -6.70. The van der Waals surface area contributed by atoms with Crippen LogP contribution in [-0.2, 0) is 0 Å². The topological polar surface area (TPSA) is 3.24 Å². The molecule has 0 saturated carbocycles. The summed E-state index contributed by atoms with van der Waals surface area (Å²) in [7, 11) is 0. The molecule has 0 saturated heterocycles. The van der Waals surface area contributed by atoms with Gasteiger partial charge in [-0.1, -0.05) is 170 Å². The Kier molecular flexibility index (Phi) is 5.96. The molecule has 0 heterocycles. The van der Waals surface area contributed by atoms with E-state index in [1.165, 1.54) is 4.90 Å². The van der Waals surface area contributed by atoms with Crippen LogP contribution in [0.1, 0.15) is 11.0 Å². The molecule has 9 aromatic carbocycles. The quantitative estimate of drug-likeness (QED) is 0.165. The second kappa shape index (κ2) is 13.3. The van der Waals surface area contributed by atoms with Crippen LogP contribution in [0.25, 0.3) is 66.1 Å². The average Bonchev–Trinajstić information content (AvgIpc) is 3.28. The van der Waals surface area contributed by atoms with Crippen LogP contribution in [-0.4, -0.2) is 0 Å². The van der Waals surface area contributed by atoms with Crippen molar-refractivity contribution in [1.82, 2.24) is 0 Å². The smallest absolute Gasteiger partial charge is 0.0645 e. The molecule has 0 radical (unpaired) electrons. The summed E-state index contributed by atoms with van der Waals surface area (Å²) in [6, 6.07) is 48.6. The van der Waals surface area contributed by atoms with Crippen LogP contribution in [0.5, 0.6) is 0 Å². The minimum absolute atomic E-state index is 0.110. The third-order valence-electron chi connectivity index (χ3n) is 9.18. The van der Waals surface area contributed by atoms with Gasteiger partial charge in [0.05, 0.1) is 11.0 Å². The van der Waals surface area contributed by atoms with E-state index in [4.69, 9.17) is 0 Å². The van der Waals surface area contributed by atoms with Gasteiger partial charge in [-0.2, -0.15) is 0 Å². The summed E-state index contributed by atoms with van der Waals surface area (Å²) in [5.41, 5.74) is 4.65. The molecule has 0 spiro atoms. The third-order valence-corrected chi connectivity index (χ3v) is 9.18. The van der Waals surface area contributed by atoms with Gasteiger partial charge in [-0.25, -0.2) is 0 Å². The van der Waals surface area contributed by atoms with Gasteiger partial charge < -0.3 is 4.90 Å². The molecular formula is C50H35N. The van der Waals surface area contributed by atoms with E-state index in [-0.39, 0.29) is 58.8 Å². The fourth-order valence-electron chi connectivity index (χ4n) is 6.67. The molecule has 9 aromatic rings. The van der Waals surface area contributed by atoms with Crippen molar-refractivity contribution >= 4 is 38.6 Å². The molecule has 9 rings (SSSR count). The summed E-state index contributed by atoms with van der Waals surface area (Å²) in [5, 5.41) is 3.35. The molecule has 0 amide bonds. The van der Waals surface area contributed by atoms with Crippen molar-refractivity contribution < 1.29 is 11.0 Å². The maximum absolute atomic E-state index is 9.68. The van der Waals surface area contributed by atoms with E-state index >= 15 is 0 Å². The van der Waals surface area contributed by atoms with E-state index < -0.39 is 12.1 Å². The molecule has 51 heavy (non-hydrogen) atoms. The maximum Gasteiger partial charge on any atom is 0.0645 e. The molecule has 0 fully saturated rings. The Morgan fingerprint density at radius 3 is 1.55 bits per heavy atom. The second-order valence-electron chi connectivity index (χ2n) is 12.3. The predicted molar refractivity (Wildman–Crippen MR) is 218 cm³/mol. The number of benzene rings is 9. The average molecular weight is 658 g/mol. The van der Waals surface area contributed by atoms with E-state index in [9.17, 15) is 11.0 Å². The van der Waals surface area contributed by atoms with Gasteiger partial charge in [0.25, 0.3) is 0 Å². The lowest BCUT2D eigenvalue weighted by Gasteiger charge is -2.26. The molecule has 0 unspecified atom stereocenters. The normalized spacial score (nSPS) is 13.3. The Morgan fingerprint density at radius 2 is 0.843 bits per heavy atom. The number of hydrogen-bond donors (Lipinski definition) is 0. The molecule has 1 nitrogen and oxygen atoms in total. The lowest BCUT2D eigenvalue weighted by Crippen LogP contribution is -2.09. The molecule has 0 bridgehead atoms. The van der Waals surface area contributed by atoms with Gasteiger partial charge in [0.1, 0.15) is 0 Å². The molecule has 0 aliphatic carbocycles. The third kappa shape index (κ3) is 5.96. The highest BCUT2D eigenvalue weighted by atomic mass is 15.1. The van der Waals surface area contributed by atoms with Gasteiger partial charge in [-0.05, 0) is 108 Å². The van der Waals surface area contributed by atoms with Crippen molar-refractivity contribution in [2.24, 2.45) is 0 Å². The predicted octanol–water partition coefficient (Wildman–Crippen LogP) is 14.1. The summed E-state index contributed by atoms with van der Waals surface area (Å²) in [6.45, 7) is 0. The number of rotatable bonds is 7. The molecule has 0 N–H and O–H groups in total. The van der Waals surface area contributed by atoms with Crippen molar-refractivity contribution in [2.45, 2.75) is 0 Å². The minimum Gasteiger partial charge on any atom is -0.310 e. The summed E-state index contributed by atoms with van der Waals surface area (Å²) in [4.78, 5) is 1.36. The lowest BCUT2D eigenvalue weighted by molar-refractivity contribution is 1.29. The molecule has 0 aromatic heterocycles. The van der Waals surface area contributed by atoms with Crippen LogP contribution in [0.2, 0.25) is 0 Å². The first kappa shape index (κ1) is 22.8. The van der Waals surface area contributed by atoms with Crippen molar-refractivity contribution in [3.63, 3.8) is 0 Å². The SMILES string of the molecule is [2H]c1c([2H])c(N(c2ccc3ccccc3c2)c2c([2H])c([2H])c(-c3c(-c4ccccc4)ccc4ccccc34)c([2H])c2[2H])c([2H])c([2H])c1-c1cccc(-c2ccccc2)c1. The number of anilines is 3. The van der Waals surface area contributed by atoms with Gasteiger partial charge >= 0.3 is 0 Å². The van der Waals surface area contributed by atoms with Crippen molar-refractivity contribution in [3.05, 3.63) is 212 Å². The van der Waals surface area contributed by atoms with Crippen molar-refractivity contribution in [2.75, 3.05) is 4.90 Å². The highest BCUT2D eigenvalue weighted by molar-refractivity contribution is 6.04. The summed E-state index contributed by atoms with van der Waals surface area (Å²) in [6.07, 6.45) is 0. The first-order valence-electron chi connectivity index (χ1n) is 20.9. The highest BCUT2D eigenvalue weighted by Crippen LogP contribution is 2.41. The highest BCUT2D eigenvalue weighted by Gasteiger charge is 2.16. The van der Waals surface area contributed by atoms with Crippen molar-refractivity contribution in [1.29, 1.82) is 0 Å². The van der Waals surface area contributed by atoms with E-state index in [2.05, 4.69) is 0 Å². The van der Waals surface area contributed by atoms with Gasteiger partial charge in [0, 0.05) is 17.1 Å².